The Bertz CT molecular complexity index is 534. The fraction of sp³-hybridized carbons (Fsp3) is 0.400. The molecule has 2 rings (SSSR count). The highest BCUT2D eigenvalue weighted by atomic mass is 79.9. The van der Waals surface area contributed by atoms with E-state index in [1.807, 2.05) is 17.8 Å². The second-order valence-electron chi connectivity index (χ2n) is 4.73. The lowest BCUT2D eigenvalue weighted by Crippen LogP contribution is -2.16. The molecule has 19 heavy (non-hydrogen) atoms. The number of nitrogens with two attached hydrogens (primary N) is 1. The molecule has 0 aliphatic rings. The zero-order chi connectivity index (χ0) is 13.8. The van der Waals surface area contributed by atoms with Crippen LogP contribution in [0.3, 0.4) is 0 Å². The van der Waals surface area contributed by atoms with Crippen LogP contribution in [0.15, 0.2) is 34.8 Å². The Morgan fingerprint density at radius 3 is 2.53 bits per heavy atom. The summed E-state index contributed by atoms with van der Waals surface area (Å²) >= 11 is 3.67. The summed E-state index contributed by atoms with van der Waals surface area (Å²) in [4.78, 5) is 0. The lowest BCUT2D eigenvalue weighted by atomic mass is 9.94. The largest absolute Gasteiger partial charge is 0.330 e. The summed E-state index contributed by atoms with van der Waals surface area (Å²) in [5.41, 5.74) is 9.57. The maximum Gasteiger partial charge on any atom is 0.0766 e. The highest BCUT2D eigenvalue weighted by Gasteiger charge is 2.18. The average molecular weight is 322 g/mol. The number of halogens is 1. The molecule has 2 aromatic rings. The van der Waals surface area contributed by atoms with Gasteiger partial charge < -0.3 is 5.73 Å². The lowest BCUT2D eigenvalue weighted by Gasteiger charge is -2.15. The molecule has 3 nitrogen and oxygen atoms in total. The Kier molecular flexibility index (Phi) is 4.77. The second kappa shape index (κ2) is 6.35. The molecule has 4 heteroatoms. The van der Waals surface area contributed by atoms with Gasteiger partial charge in [-0.2, -0.15) is 5.10 Å². The van der Waals surface area contributed by atoms with Crippen LogP contribution in [-0.2, 0) is 19.9 Å². The number of rotatable bonds is 5. The van der Waals surface area contributed by atoms with Gasteiger partial charge in [0.05, 0.1) is 15.9 Å². The van der Waals surface area contributed by atoms with E-state index < -0.39 is 0 Å². The van der Waals surface area contributed by atoms with Crippen molar-refractivity contribution in [1.82, 2.24) is 9.78 Å². The normalized spacial score (nSPS) is 12.6. The van der Waals surface area contributed by atoms with Crippen molar-refractivity contribution in [3.8, 4) is 0 Å². The van der Waals surface area contributed by atoms with Crippen LogP contribution in [0.2, 0.25) is 0 Å². The van der Waals surface area contributed by atoms with Crippen molar-refractivity contribution >= 4 is 15.9 Å². The zero-order valence-electron chi connectivity index (χ0n) is 11.4. The van der Waals surface area contributed by atoms with E-state index in [2.05, 4.69) is 52.2 Å². The number of benzene rings is 1. The van der Waals surface area contributed by atoms with Gasteiger partial charge in [0.2, 0.25) is 0 Å². The van der Waals surface area contributed by atoms with Crippen LogP contribution in [0.4, 0.5) is 0 Å². The minimum atomic E-state index is 0.331. The molecule has 0 fully saturated rings. The SMILES string of the molecule is CCc1nn(C)c(CC(CN)c2ccccc2)c1Br. The minimum Gasteiger partial charge on any atom is -0.330 e. The first-order chi connectivity index (χ1) is 9.17. The van der Waals surface area contributed by atoms with Crippen LogP contribution in [0.1, 0.15) is 29.8 Å². The number of aromatic nitrogens is 2. The van der Waals surface area contributed by atoms with Gasteiger partial charge in [0, 0.05) is 13.0 Å². The quantitative estimate of drug-likeness (QED) is 0.919. The van der Waals surface area contributed by atoms with Crippen molar-refractivity contribution in [2.24, 2.45) is 12.8 Å². The molecule has 1 aromatic carbocycles. The number of hydrogen-bond acceptors (Lipinski definition) is 2. The first-order valence-corrected chi connectivity index (χ1v) is 7.41. The summed E-state index contributed by atoms with van der Waals surface area (Å²) < 4.78 is 3.10. The highest BCUT2D eigenvalue weighted by molar-refractivity contribution is 9.10. The van der Waals surface area contributed by atoms with E-state index in [-0.39, 0.29) is 0 Å². The van der Waals surface area contributed by atoms with Gasteiger partial charge in [0.25, 0.3) is 0 Å². The molecule has 1 aromatic heterocycles. The minimum absolute atomic E-state index is 0.331. The topological polar surface area (TPSA) is 43.8 Å². The Morgan fingerprint density at radius 1 is 1.32 bits per heavy atom. The molecule has 0 saturated heterocycles. The second-order valence-corrected chi connectivity index (χ2v) is 5.52. The van der Waals surface area contributed by atoms with E-state index in [9.17, 15) is 0 Å². The molecule has 0 spiro atoms. The third kappa shape index (κ3) is 3.07. The maximum atomic E-state index is 5.95. The van der Waals surface area contributed by atoms with Crippen molar-refractivity contribution in [2.75, 3.05) is 6.54 Å². The molecule has 0 amide bonds. The van der Waals surface area contributed by atoms with Gasteiger partial charge in [-0.15, -0.1) is 0 Å². The van der Waals surface area contributed by atoms with Gasteiger partial charge in [0.1, 0.15) is 0 Å². The summed E-state index contributed by atoms with van der Waals surface area (Å²) in [5, 5.41) is 4.54. The molecular weight excluding hydrogens is 302 g/mol. The average Bonchev–Trinajstić information content (AvgIpc) is 2.72. The van der Waals surface area contributed by atoms with Crippen LogP contribution in [0, 0.1) is 0 Å². The summed E-state index contributed by atoms with van der Waals surface area (Å²) in [5.74, 6) is 0.331. The van der Waals surface area contributed by atoms with Crippen molar-refractivity contribution in [2.45, 2.75) is 25.7 Å². The molecular formula is C15H20BrN3. The fourth-order valence-electron chi connectivity index (χ4n) is 2.34. The summed E-state index contributed by atoms with van der Waals surface area (Å²) in [6.07, 6.45) is 1.84. The van der Waals surface area contributed by atoms with Gasteiger partial charge in [-0.3, -0.25) is 4.68 Å². The lowest BCUT2D eigenvalue weighted by molar-refractivity contribution is 0.626. The van der Waals surface area contributed by atoms with Crippen LogP contribution >= 0.6 is 15.9 Å². The molecule has 0 saturated carbocycles. The predicted molar refractivity (Wildman–Crippen MR) is 82.2 cm³/mol. The van der Waals surface area contributed by atoms with Crippen molar-refractivity contribution in [1.29, 1.82) is 0 Å². The third-order valence-electron chi connectivity index (χ3n) is 3.50. The maximum absolute atomic E-state index is 5.95. The molecule has 0 aliphatic carbocycles. The molecule has 1 heterocycles. The van der Waals surface area contributed by atoms with E-state index >= 15 is 0 Å². The van der Waals surface area contributed by atoms with Crippen molar-refractivity contribution in [3.63, 3.8) is 0 Å². The molecule has 2 N–H and O–H groups in total. The number of aryl methyl sites for hydroxylation is 2. The molecule has 1 unspecified atom stereocenters. The van der Waals surface area contributed by atoms with Crippen LogP contribution in [0.5, 0.6) is 0 Å². The fourth-order valence-corrected chi connectivity index (χ4v) is 3.12. The van der Waals surface area contributed by atoms with E-state index in [0.717, 1.165) is 23.0 Å². The molecule has 0 aliphatic heterocycles. The molecule has 0 bridgehead atoms. The van der Waals surface area contributed by atoms with E-state index in [1.54, 1.807) is 0 Å². The standard InChI is InChI=1S/C15H20BrN3/c1-3-13-15(16)14(19(2)18-13)9-12(10-17)11-7-5-4-6-8-11/h4-8,12H,3,9-10,17H2,1-2H3. The molecule has 0 radical (unpaired) electrons. The van der Waals surface area contributed by atoms with Crippen molar-refractivity contribution in [3.05, 3.63) is 51.8 Å². The molecule has 1 atom stereocenters. The third-order valence-corrected chi connectivity index (χ3v) is 4.41. The Morgan fingerprint density at radius 2 is 2.00 bits per heavy atom. The first-order valence-electron chi connectivity index (χ1n) is 6.62. The van der Waals surface area contributed by atoms with Gasteiger partial charge in [-0.05, 0) is 40.9 Å². The van der Waals surface area contributed by atoms with E-state index in [1.165, 1.54) is 11.3 Å². The predicted octanol–water partition coefficient (Wildman–Crippen LogP) is 3.03. The van der Waals surface area contributed by atoms with Crippen LogP contribution < -0.4 is 5.73 Å². The Labute approximate surface area is 122 Å². The number of nitrogens with zero attached hydrogens (tertiary/aromatic N) is 2. The van der Waals surface area contributed by atoms with Gasteiger partial charge in [0.15, 0.2) is 0 Å². The Hall–Kier alpha value is -1.13. The summed E-state index contributed by atoms with van der Waals surface area (Å²) in [6.45, 7) is 2.76. The Balaban J connectivity index is 2.26. The van der Waals surface area contributed by atoms with Crippen LogP contribution in [-0.4, -0.2) is 16.3 Å². The van der Waals surface area contributed by atoms with Crippen molar-refractivity contribution < 1.29 is 0 Å². The molecule has 102 valence electrons. The number of hydrogen-bond donors (Lipinski definition) is 1. The summed E-state index contributed by atoms with van der Waals surface area (Å²) in [7, 11) is 2.00. The van der Waals surface area contributed by atoms with Crippen LogP contribution in [0.25, 0.3) is 0 Å². The van der Waals surface area contributed by atoms with E-state index in [4.69, 9.17) is 5.73 Å². The van der Waals surface area contributed by atoms with Gasteiger partial charge in [-0.1, -0.05) is 37.3 Å². The summed E-state index contributed by atoms with van der Waals surface area (Å²) in [6, 6.07) is 10.4. The first kappa shape index (κ1) is 14.3. The zero-order valence-corrected chi connectivity index (χ0v) is 13.0. The monoisotopic (exact) mass is 321 g/mol. The van der Waals surface area contributed by atoms with Gasteiger partial charge >= 0.3 is 0 Å². The van der Waals surface area contributed by atoms with Gasteiger partial charge in [-0.25, -0.2) is 0 Å². The smallest absolute Gasteiger partial charge is 0.0766 e. The highest BCUT2D eigenvalue weighted by Crippen LogP contribution is 2.27. The van der Waals surface area contributed by atoms with E-state index in [0.29, 0.717) is 12.5 Å².